The van der Waals surface area contributed by atoms with E-state index in [4.69, 9.17) is 9.84 Å². The number of hydrogen-bond donors (Lipinski definition) is 2. The van der Waals surface area contributed by atoms with Crippen LogP contribution in [-0.2, 0) is 16.0 Å². The topological polar surface area (TPSA) is 79.4 Å². The van der Waals surface area contributed by atoms with E-state index in [1.54, 1.807) is 6.07 Å². The van der Waals surface area contributed by atoms with Crippen LogP contribution in [0.3, 0.4) is 0 Å². The minimum Gasteiger partial charge on any atom is -0.477 e. The van der Waals surface area contributed by atoms with E-state index < -0.39 is 11.6 Å². The number of aromatic carboxylic acids is 1. The number of carbonyl (C=O) groups is 2. The molecule has 0 radical (unpaired) electrons. The fourth-order valence-corrected chi connectivity index (χ4v) is 1.34. The molecule has 94 valence electrons. The number of hydrogen-bond acceptors (Lipinski definition) is 3. The Hall–Kier alpha value is -1.78. The molecule has 0 aliphatic carbocycles. The Morgan fingerprint density at radius 1 is 1.35 bits per heavy atom. The molecule has 1 rings (SSSR count). The SMILES string of the molecule is CC(C)(C)OC(=O)CCc1ccc(C(=O)O)[nH]1. The van der Waals surface area contributed by atoms with Crippen molar-refractivity contribution in [2.45, 2.75) is 39.2 Å². The highest BCUT2D eigenvalue weighted by Gasteiger charge is 2.16. The third-order valence-electron chi connectivity index (χ3n) is 2.00. The molecule has 1 heterocycles. The normalized spacial score (nSPS) is 11.2. The maximum Gasteiger partial charge on any atom is 0.352 e. The fourth-order valence-electron chi connectivity index (χ4n) is 1.34. The Morgan fingerprint density at radius 2 is 2.00 bits per heavy atom. The van der Waals surface area contributed by atoms with Crippen LogP contribution in [-0.4, -0.2) is 27.6 Å². The summed E-state index contributed by atoms with van der Waals surface area (Å²) in [7, 11) is 0. The Balaban J connectivity index is 2.45. The van der Waals surface area contributed by atoms with Crippen molar-refractivity contribution in [3.63, 3.8) is 0 Å². The average Bonchev–Trinajstić information content (AvgIpc) is 2.60. The minimum absolute atomic E-state index is 0.129. The van der Waals surface area contributed by atoms with Crippen molar-refractivity contribution in [2.24, 2.45) is 0 Å². The van der Waals surface area contributed by atoms with Crippen LogP contribution >= 0.6 is 0 Å². The van der Waals surface area contributed by atoms with Gasteiger partial charge in [0.2, 0.25) is 0 Å². The number of carboxylic acids is 1. The van der Waals surface area contributed by atoms with Gasteiger partial charge in [0.05, 0.1) is 6.42 Å². The van der Waals surface area contributed by atoms with Crippen molar-refractivity contribution in [3.8, 4) is 0 Å². The van der Waals surface area contributed by atoms with Crippen molar-refractivity contribution in [2.75, 3.05) is 0 Å². The Bertz CT molecular complexity index is 414. The molecule has 1 aromatic heterocycles. The molecule has 0 atom stereocenters. The van der Waals surface area contributed by atoms with E-state index in [2.05, 4.69) is 4.98 Å². The molecule has 0 aliphatic rings. The van der Waals surface area contributed by atoms with Gasteiger partial charge in [-0.2, -0.15) is 0 Å². The van der Waals surface area contributed by atoms with E-state index >= 15 is 0 Å². The lowest BCUT2D eigenvalue weighted by atomic mass is 10.2. The summed E-state index contributed by atoms with van der Waals surface area (Å²) in [5.74, 6) is -1.29. The van der Waals surface area contributed by atoms with Crippen molar-refractivity contribution in [1.29, 1.82) is 0 Å². The number of rotatable bonds is 4. The number of carbonyl (C=O) groups excluding carboxylic acids is 1. The molecule has 17 heavy (non-hydrogen) atoms. The molecule has 0 amide bonds. The van der Waals surface area contributed by atoms with Crippen LogP contribution in [0.5, 0.6) is 0 Å². The monoisotopic (exact) mass is 239 g/mol. The van der Waals surface area contributed by atoms with Gasteiger partial charge in [-0.3, -0.25) is 4.79 Å². The zero-order chi connectivity index (χ0) is 13.1. The zero-order valence-corrected chi connectivity index (χ0v) is 10.2. The Morgan fingerprint density at radius 3 is 2.47 bits per heavy atom. The molecule has 0 saturated heterocycles. The first-order valence-corrected chi connectivity index (χ1v) is 5.41. The highest BCUT2D eigenvalue weighted by Crippen LogP contribution is 2.10. The van der Waals surface area contributed by atoms with Crippen molar-refractivity contribution < 1.29 is 19.4 Å². The summed E-state index contributed by atoms with van der Waals surface area (Å²) in [6, 6.07) is 3.14. The highest BCUT2D eigenvalue weighted by atomic mass is 16.6. The molecule has 0 aromatic carbocycles. The molecule has 5 heteroatoms. The standard InChI is InChI=1S/C12H17NO4/c1-12(2,3)17-10(14)7-5-8-4-6-9(13-8)11(15)16/h4,6,13H,5,7H2,1-3H3,(H,15,16). The summed E-state index contributed by atoms with van der Waals surface area (Å²) in [5.41, 5.74) is 0.358. The van der Waals surface area contributed by atoms with E-state index in [9.17, 15) is 9.59 Å². The number of aromatic nitrogens is 1. The summed E-state index contributed by atoms with van der Waals surface area (Å²) < 4.78 is 5.14. The molecule has 2 N–H and O–H groups in total. The summed E-state index contributed by atoms with van der Waals surface area (Å²) in [6.07, 6.45) is 0.680. The first-order valence-electron chi connectivity index (χ1n) is 5.41. The van der Waals surface area contributed by atoms with Gasteiger partial charge >= 0.3 is 11.9 Å². The number of carboxylic acid groups (broad SMARTS) is 1. The van der Waals surface area contributed by atoms with E-state index in [1.165, 1.54) is 6.07 Å². The van der Waals surface area contributed by atoms with E-state index in [0.29, 0.717) is 12.1 Å². The van der Waals surface area contributed by atoms with Gasteiger partial charge in [-0.15, -0.1) is 0 Å². The Kier molecular flexibility index (Phi) is 3.93. The number of esters is 1. The first-order chi connectivity index (χ1) is 7.78. The second-order valence-corrected chi connectivity index (χ2v) is 4.79. The van der Waals surface area contributed by atoms with E-state index in [-0.39, 0.29) is 18.1 Å². The zero-order valence-electron chi connectivity index (χ0n) is 10.2. The van der Waals surface area contributed by atoms with Gasteiger partial charge in [0.1, 0.15) is 11.3 Å². The molecular weight excluding hydrogens is 222 g/mol. The van der Waals surface area contributed by atoms with Crippen LogP contribution in [0.1, 0.15) is 43.4 Å². The van der Waals surface area contributed by atoms with Crippen LogP contribution in [0.25, 0.3) is 0 Å². The van der Waals surface area contributed by atoms with Crippen molar-refractivity contribution >= 4 is 11.9 Å². The third-order valence-corrected chi connectivity index (χ3v) is 2.00. The third kappa shape index (κ3) is 4.72. The summed E-state index contributed by atoms with van der Waals surface area (Å²) in [5, 5.41) is 8.71. The number of ether oxygens (including phenoxy) is 1. The van der Waals surface area contributed by atoms with Gasteiger partial charge in [0.25, 0.3) is 0 Å². The van der Waals surface area contributed by atoms with Crippen LogP contribution < -0.4 is 0 Å². The molecule has 0 aliphatic heterocycles. The molecule has 1 aromatic rings. The maximum atomic E-state index is 11.4. The highest BCUT2D eigenvalue weighted by molar-refractivity contribution is 5.85. The van der Waals surface area contributed by atoms with Gasteiger partial charge in [-0.25, -0.2) is 4.79 Å². The quantitative estimate of drug-likeness (QED) is 0.787. The first kappa shape index (κ1) is 13.3. The predicted octanol–water partition coefficient (Wildman–Crippen LogP) is 1.99. The lowest BCUT2D eigenvalue weighted by Crippen LogP contribution is -2.24. The second kappa shape index (κ2) is 5.03. The van der Waals surface area contributed by atoms with Gasteiger partial charge < -0.3 is 14.8 Å². The largest absolute Gasteiger partial charge is 0.477 e. The lowest BCUT2D eigenvalue weighted by Gasteiger charge is -2.19. The summed E-state index contributed by atoms with van der Waals surface area (Å²) >= 11 is 0. The molecule has 0 spiro atoms. The Labute approximate surface area is 99.8 Å². The van der Waals surface area contributed by atoms with Gasteiger partial charge in [0.15, 0.2) is 0 Å². The van der Waals surface area contributed by atoms with E-state index in [1.807, 2.05) is 20.8 Å². The summed E-state index contributed by atoms with van der Waals surface area (Å²) in [4.78, 5) is 24.8. The lowest BCUT2D eigenvalue weighted by molar-refractivity contribution is -0.154. The average molecular weight is 239 g/mol. The van der Waals surface area contributed by atoms with Crippen molar-refractivity contribution in [3.05, 3.63) is 23.5 Å². The molecule has 0 fully saturated rings. The second-order valence-electron chi connectivity index (χ2n) is 4.79. The van der Waals surface area contributed by atoms with Gasteiger partial charge in [0, 0.05) is 5.69 Å². The van der Waals surface area contributed by atoms with Crippen molar-refractivity contribution in [1.82, 2.24) is 4.98 Å². The smallest absolute Gasteiger partial charge is 0.352 e. The number of aromatic amines is 1. The van der Waals surface area contributed by atoms with Gasteiger partial charge in [-0.05, 0) is 39.3 Å². The maximum absolute atomic E-state index is 11.4. The molecule has 0 unspecified atom stereocenters. The van der Waals surface area contributed by atoms with Crippen LogP contribution in [0.2, 0.25) is 0 Å². The molecule has 5 nitrogen and oxygen atoms in total. The van der Waals surface area contributed by atoms with Crippen LogP contribution in [0, 0.1) is 0 Å². The van der Waals surface area contributed by atoms with Gasteiger partial charge in [-0.1, -0.05) is 0 Å². The molecular formula is C12H17NO4. The number of nitrogens with one attached hydrogen (secondary N) is 1. The molecule has 0 saturated carbocycles. The minimum atomic E-state index is -1.01. The number of H-pyrrole nitrogens is 1. The summed E-state index contributed by atoms with van der Waals surface area (Å²) in [6.45, 7) is 5.42. The van der Waals surface area contributed by atoms with E-state index in [0.717, 1.165) is 0 Å². The number of aryl methyl sites for hydroxylation is 1. The fraction of sp³-hybridized carbons (Fsp3) is 0.500. The van der Waals surface area contributed by atoms with Crippen LogP contribution in [0.4, 0.5) is 0 Å². The molecule has 0 bridgehead atoms. The van der Waals surface area contributed by atoms with Crippen LogP contribution in [0.15, 0.2) is 12.1 Å². The predicted molar refractivity (Wildman–Crippen MR) is 61.9 cm³/mol.